The molecule has 0 fully saturated rings. The van der Waals surface area contributed by atoms with Crippen molar-refractivity contribution in [2.24, 2.45) is 0 Å². The smallest absolute Gasteiger partial charge is 0.336 e. The number of rotatable bonds is 9. The third-order valence-electron chi connectivity index (χ3n) is 4.95. The van der Waals surface area contributed by atoms with Crippen LogP contribution in [0, 0.1) is 0 Å². The van der Waals surface area contributed by atoms with Gasteiger partial charge in [-0.1, -0.05) is 56.5 Å². The van der Waals surface area contributed by atoms with Crippen molar-refractivity contribution in [1.29, 1.82) is 0 Å². The molecular weight excluding hydrogens is 368 g/mol. The molecule has 0 radical (unpaired) electrons. The zero-order chi connectivity index (χ0) is 20.8. The van der Waals surface area contributed by atoms with E-state index in [0.717, 1.165) is 54.2 Å². The monoisotopic (exact) mass is 393 g/mol. The third kappa shape index (κ3) is 5.05. The average Bonchev–Trinajstić information content (AvgIpc) is 2.71. The topological polar surface area (TPSA) is 79.6 Å². The van der Waals surface area contributed by atoms with E-state index in [9.17, 15) is 14.7 Å². The number of hydrogen-bond acceptors (Lipinski definition) is 5. The molecule has 0 N–H and O–H groups in total. The Bertz CT molecular complexity index is 1040. The molecule has 3 rings (SSSR count). The van der Waals surface area contributed by atoms with Gasteiger partial charge in [0, 0.05) is 17.5 Å². The van der Waals surface area contributed by atoms with Gasteiger partial charge in [0.25, 0.3) is 0 Å². The van der Waals surface area contributed by atoms with Gasteiger partial charge in [-0.25, -0.2) is 4.79 Å². The molecule has 152 valence electrons. The Balaban J connectivity index is 2.11. The molecule has 0 aliphatic rings. The van der Waals surface area contributed by atoms with E-state index < -0.39 is 17.7 Å². The number of carboxylic acids is 1. The van der Waals surface area contributed by atoms with Crippen LogP contribution in [0.15, 0.2) is 57.7 Å². The van der Waals surface area contributed by atoms with E-state index >= 15 is 0 Å². The van der Waals surface area contributed by atoms with Gasteiger partial charge < -0.3 is 19.1 Å². The van der Waals surface area contributed by atoms with E-state index in [2.05, 4.69) is 6.92 Å². The summed E-state index contributed by atoms with van der Waals surface area (Å²) in [6, 6.07) is 14.7. The maximum atomic E-state index is 12.1. The Labute approximate surface area is 169 Å². The van der Waals surface area contributed by atoms with Gasteiger partial charge in [-0.3, -0.25) is 0 Å². The van der Waals surface area contributed by atoms with Crippen LogP contribution < -0.4 is 15.5 Å². The summed E-state index contributed by atoms with van der Waals surface area (Å²) in [6.07, 6.45) is 3.96. The highest BCUT2D eigenvalue weighted by Gasteiger charge is 2.15. The van der Waals surface area contributed by atoms with Crippen molar-refractivity contribution in [3.05, 3.63) is 64.5 Å². The molecule has 0 saturated carbocycles. The van der Waals surface area contributed by atoms with Crippen molar-refractivity contribution in [3.63, 3.8) is 0 Å². The van der Waals surface area contributed by atoms with Crippen molar-refractivity contribution >= 4 is 16.9 Å². The lowest BCUT2D eigenvalue weighted by Crippen LogP contribution is -2.37. The summed E-state index contributed by atoms with van der Waals surface area (Å²) >= 11 is 0. The van der Waals surface area contributed by atoms with Gasteiger partial charge in [-0.15, -0.1) is 0 Å². The number of carbonyl (C=O) groups excluding carboxylic acids is 1. The second-order valence-electron chi connectivity index (χ2n) is 7.19. The largest absolute Gasteiger partial charge is 0.546 e. The van der Waals surface area contributed by atoms with Crippen molar-refractivity contribution in [1.82, 2.24) is 0 Å². The number of aliphatic carboxylic acids is 1. The third-order valence-corrected chi connectivity index (χ3v) is 4.95. The first-order valence-electron chi connectivity index (χ1n) is 10.0. The summed E-state index contributed by atoms with van der Waals surface area (Å²) in [5.41, 5.74) is 2.50. The molecule has 0 spiro atoms. The lowest BCUT2D eigenvalue weighted by Gasteiger charge is -2.19. The summed E-state index contributed by atoms with van der Waals surface area (Å²) in [4.78, 5) is 23.3. The minimum Gasteiger partial charge on any atom is -0.546 e. The van der Waals surface area contributed by atoms with Gasteiger partial charge >= 0.3 is 5.63 Å². The lowest BCUT2D eigenvalue weighted by molar-refractivity contribution is -0.312. The Morgan fingerprint density at radius 1 is 1.10 bits per heavy atom. The highest BCUT2D eigenvalue weighted by Crippen LogP contribution is 2.33. The molecule has 29 heavy (non-hydrogen) atoms. The molecule has 1 aromatic heterocycles. The number of fused-ring (bicyclic) bond motifs is 1. The molecule has 0 unspecified atom stereocenters. The number of ether oxygens (including phenoxy) is 1. The van der Waals surface area contributed by atoms with Crippen LogP contribution in [-0.4, -0.2) is 12.1 Å². The molecule has 3 aromatic rings. The lowest BCUT2D eigenvalue weighted by atomic mass is 9.98. The van der Waals surface area contributed by atoms with E-state index in [-0.39, 0.29) is 0 Å². The fourth-order valence-corrected chi connectivity index (χ4v) is 3.38. The molecule has 2 aromatic carbocycles. The highest BCUT2D eigenvalue weighted by molar-refractivity contribution is 5.94. The van der Waals surface area contributed by atoms with Crippen molar-refractivity contribution in [2.45, 2.75) is 52.1 Å². The summed E-state index contributed by atoms with van der Waals surface area (Å²) in [6.45, 7) is 3.58. The minimum atomic E-state index is -1.29. The first-order valence-corrected chi connectivity index (χ1v) is 10.0. The second-order valence-corrected chi connectivity index (χ2v) is 7.19. The number of aryl methyl sites for hydroxylation is 1. The van der Waals surface area contributed by atoms with E-state index in [0.29, 0.717) is 11.3 Å². The maximum absolute atomic E-state index is 12.1. The molecule has 0 aliphatic carbocycles. The van der Waals surface area contributed by atoms with E-state index in [1.54, 1.807) is 6.07 Å². The van der Waals surface area contributed by atoms with Gasteiger partial charge in [0.05, 0.1) is 5.97 Å². The number of unbranched alkanes of at least 4 members (excludes halogenated alkanes) is 3. The summed E-state index contributed by atoms with van der Waals surface area (Å²) in [5, 5.41) is 12.0. The SMILES string of the molecule is CCCCCCc1cc2c(-c3ccccc3)cc(=O)oc2cc1O[C@H](C)C(=O)[O-]. The standard InChI is InChI=1S/C24H26O5/c1-3-4-5-7-12-18-13-20-19(17-10-8-6-9-11-17)14-23(25)29-22(20)15-21(18)28-16(2)24(26)27/h6,8-11,13-16H,3-5,7,12H2,1-2H3,(H,26,27)/p-1/t16-/m1/s1. The molecular formula is C24H25O5-. The molecule has 0 aliphatic heterocycles. The fourth-order valence-electron chi connectivity index (χ4n) is 3.38. The van der Waals surface area contributed by atoms with Crippen molar-refractivity contribution in [3.8, 4) is 16.9 Å². The van der Waals surface area contributed by atoms with Crippen LogP contribution >= 0.6 is 0 Å². The van der Waals surface area contributed by atoms with E-state index in [4.69, 9.17) is 9.15 Å². The first-order chi connectivity index (χ1) is 14.0. The van der Waals surface area contributed by atoms with Gasteiger partial charge in [0.1, 0.15) is 17.4 Å². The summed E-state index contributed by atoms with van der Waals surface area (Å²) in [7, 11) is 0. The van der Waals surface area contributed by atoms with Crippen LogP contribution in [0.4, 0.5) is 0 Å². The van der Waals surface area contributed by atoms with Crippen LogP contribution in [0.1, 0.15) is 45.1 Å². The van der Waals surface area contributed by atoms with Crippen molar-refractivity contribution in [2.75, 3.05) is 0 Å². The Hall–Kier alpha value is -3.08. The second kappa shape index (κ2) is 9.41. The van der Waals surface area contributed by atoms with E-state index in [1.807, 2.05) is 36.4 Å². The summed E-state index contributed by atoms with van der Waals surface area (Å²) in [5.74, 6) is -0.874. The van der Waals surface area contributed by atoms with Crippen LogP contribution in [-0.2, 0) is 11.2 Å². The van der Waals surface area contributed by atoms with Crippen LogP contribution in [0.5, 0.6) is 5.75 Å². The van der Waals surface area contributed by atoms with E-state index in [1.165, 1.54) is 13.0 Å². The van der Waals surface area contributed by atoms with Gasteiger partial charge in [-0.05, 0) is 42.5 Å². The number of carbonyl (C=O) groups is 1. The normalized spacial score (nSPS) is 12.1. The molecule has 1 heterocycles. The van der Waals surface area contributed by atoms with Crippen LogP contribution in [0.3, 0.4) is 0 Å². The predicted molar refractivity (Wildman–Crippen MR) is 111 cm³/mol. The Kier molecular flexibility index (Phi) is 6.70. The summed E-state index contributed by atoms with van der Waals surface area (Å²) < 4.78 is 11.0. The molecule has 5 nitrogen and oxygen atoms in total. The van der Waals surface area contributed by atoms with Crippen LogP contribution in [0.2, 0.25) is 0 Å². The Morgan fingerprint density at radius 2 is 1.86 bits per heavy atom. The molecule has 1 atom stereocenters. The molecule has 0 bridgehead atoms. The maximum Gasteiger partial charge on any atom is 0.336 e. The van der Waals surface area contributed by atoms with Crippen molar-refractivity contribution < 1.29 is 19.1 Å². The highest BCUT2D eigenvalue weighted by atomic mass is 16.5. The van der Waals surface area contributed by atoms with Gasteiger partial charge in [0.2, 0.25) is 0 Å². The number of hydrogen-bond donors (Lipinski definition) is 0. The van der Waals surface area contributed by atoms with Crippen LogP contribution in [0.25, 0.3) is 22.1 Å². The fraction of sp³-hybridized carbons (Fsp3) is 0.333. The zero-order valence-electron chi connectivity index (χ0n) is 16.8. The predicted octanol–water partition coefficient (Wildman–Crippen LogP) is 4.10. The number of carboxylic acid groups (broad SMARTS) is 1. The zero-order valence-corrected chi connectivity index (χ0v) is 16.8. The van der Waals surface area contributed by atoms with Gasteiger partial charge in [0.15, 0.2) is 0 Å². The van der Waals surface area contributed by atoms with Gasteiger partial charge in [-0.2, -0.15) is 0 Å². The molecule has 0 amide bonds. The number of benzene rings is 2. The first kappa shape index (κ1) is 20.6. The quantitative estimate of drug-likeness (QED) is 0.404. The average molecular weight is 393 g/mol. The molecule has 5 heteroatoms. The minimum absolute atomic E-state index is 0.370. The Morgan fingerprint density at radius 3 is 2.55 bits per heavy atom. The molecule has 0 saturated heterocycles.